The van der Waals surface area contributed by atoms with Crippen molar-refractivity contribution in [3.05, 3.63) is 293 Å². The highest BCUT2D eigenvalue weighted by atomic mass is 16.5. The van der Waals surface area contributed by atoms with Crippen LogP contribution >= 0.6 is 0 Å². The van der Waals surface area contributed by atoms with E-state index in [0.717, 1.165) is 51.2 Å². The van der Waals surface area contributed by atoms with Gasteiger partial charge in [0.15, 0.2) is 0 Å². The normalized spacial score (nSPS) is 14.3. The Morgan fingerprint density at radius 2 is 0.652 bits per heavy atom. The lowest BCUT2D eigenvalue weighted by atomic mass is 9.66. The number of benzene rings is 11. The molecule has 0 N–H and O–H groups in total. The standard InChI is InChI=1S/C66H41NO2/c1-2-16-42(17-3-1)43-30-33-46(34-31-43)67(48-36-37-51-49-18-4-6-20-53(49)66(60(51)41-48)57-24-10-14-28-63(57)69-64-29-15-11-25-58(64)66)47-35-32-44-40-59-52(39-45(44)38-47)50-19-5-7-21-54(50)65(59)55-22-8-12-26-61(55)68-62-27-13-9-23-56(62)65/h1-41H. The van der Waals surface area contributed by atoms with Gasteiger partial charge in [0, 0.05) is 39.3 Å². The van der Waals surface area contributed by atoms with Gasteiger partial charge in [-0.05, 0) is 139 Å². The van der Waals surface area contributed by atoms with E-state index in [2.05, 4.69) is 254 Å². The number of hydrogen-bond donors (Lipinski definition) is 0. The van der Waals surface area contributed by atoms with E-state index in [0.29, 0.717) is 0 Å². The van der Waals surface area contributed by atoms with Crippen molar-refractivity contribution in [1.29, 1.82) is 0 Å². The molecular weight excluding hydrogens is 839 g/mol. The van der Waals surface area contributed by atoms with Crippen molar-refractivity contribution >= 4 is 27.8 Å². The molecule has 2 heterocycles. The van der Waals surface area contributed by atoms with E-state index in [1.165, 1.54) is 77.5 Å². The van der Waals surface area contributed by atoms with Crippen molar-refractivity contribution in [3.63, 3.8) is 0 Å². The molecule has 15 rings (SSSR count). The van der Waals surface area contributed by atoms with Gasteiger partial charge >= 0.3 is 0 Å². The molecule has 69 heavy (non-hydrogen) atoms. The van der Waals surface area contributed by atoms with Crippen molar-refractivity contribution < 1.29 is 9.47 Å². The zero-order valence-electron chi connectivity index (χ0n) is 37.4. The topological polar surface area (TPSA) is 21.7 Å². The Kier molecular flexibility index (Phi) is 7.92. The van der Waals surface area contributed by atoms with Gasteiger partial charge in [0.05, 0.1) is 10.8 Å². The van der Waals surface area contributed by atoms with Gasteiger partial charge in [0.25, 0.3) is 0 Å². The second kappa shape index (κ2) is 14.3. The van der Waals surface area contributed by atoms with Crippen LogP contribution in [0.1, 0.15) is 44.5 Å². The number of rotatable bonds is 4. The monoisotopic (exact) mass is 879 g/mol. The number of para-hydroxylation sites is 4. The summed E-state index contributed by atoms with van der Waals surface area (Å²) >= 11 is 0. The summed E-state index contributed by atoms with van der Waals surface area (Å²) in [5, 5.41) is 2.36. The van der Waals surface area contributed by atoms with Crippen LogP contribution in [-0.4, -0.2) is 0 Å². The van der Waals surface area contributed by atoms with E-state index < -0.39 is 10.8 Å². The van der Waals surface area contributed by atoms with Crippen molar-refractivity contribution in [3.8, 4) is 56.4 Å². The molecule has 4 aliphatic rings. The summed E-state index contributed by atoms with van der Waals surface area (Å²) in [5.41, 5.74) is 19.2. The van der Waals surface area contributed by atoms with E-state index in [1.54, 1.807) is 0 Å². The lowest BCUT2D eigenvalue weighted by Crippen LogP contribution is -2.32. The van der Waals surface area contributed by atoms with Gasteiger partial charge in [0.1, 0.15) is 23.0 Å². The molecule has 3 nitrogen and oxygen atoms in total. The molecule has 0 saturated carbocycles. The van der Waals surface area contributed by atoms with E-state index in [1.807, 2.05) is 0 Å². The first-order chi connectivity index (χ1) is 34.2. The van der Waals surface area contributed by atoms with Gasteiger partial charge < -0.3 is 14.4 Å². The fourth-order valence-corrected chi connectivity index (χ4v) is 12.6. The van der Waals surface area contributed by atoms with Crippen LogP contribution in [-0.2, 0) is 10.8 Å². The zero-order valence-corrected chi connectivity index (χ0v) is 37.4. The third-order valence-electron chi connectivity index (χ3n) is 15.4. The van der Waals surface area contributed by atoms with Crippen LogP contribution in [0.3, 0.4) is 0 Å². The fourth-order valence-electron chi connectivity index (χ4n) is 12.6. The van der Waals surface area contributed by atoms with Crippen LogP contribution in [0, 0.1) is 0 Å². The summed E-state index contributed by atoms with van der Waals surface area (Å²) in [4.78, 5) is 2.44. The molecule has 3 heteroatoms. The van der Waals surface area contributed by atoms with Crippen molar-refractivity contribution in [1.82, 2.24) is 0 Å². The molecule has 0 unspecified atom stereocenters. The minimum Gasteiger partial charge on any atom is -0.457 e. The van der Waals surface area contributed by atoms with Gasteiger partial charge in [-0.2, -0.15) is 0 Å². The number of ether oxygens (including phenoxy) is 2. The van der Waals surface area contributed by atoms with Crippen LogP contribution in [0.4, 0.5) is 17.1 Å². The SMILES string of the molecule is c1ccc(-c2ccc(N(c3ccc4c(c3)C3(c5ccccc5Oc5ccccc53)c3ccccc3-4)c3ccc4cc5c(cc4c3)-c3ccccc3C53c4ccccc4Oc4ccccc43)cc2)cc1. The lowest BCUT2D eigenvalue weighted by Gasteiger charge is -2.39. The Hall–Kier alpha value is -8.92. The average molecular weight is 880 g/mol. The highest BCUT2D eigenvalue weighted by molar-refractivity contribution is 5.99. The summed E-state index contributed by atoms with van der Waals surface area (Å²) in [6.45, 7) is 0. The Bertz CT molecular complexity index is 3830. The molecule has 0 atom stereocenters. The summed E-state index contributed by atoms with van der Waals surface area (Å²) in [5.74, 6) is 3.57. The minimum absolute atomic E-state index is 0.532. The second-order valence-corrected chi connectivity index (χ2v) is 18.7. The van der Waals surface area contributed by atoms with Gasteiger partial charge in [-0.25, -0.2) is 0 Å². The summed E-state index contributed by atoms with van der Waals surface area (Å²) < 4.78 is 13.4. The smallest absolute Gasteiger partial charge is 0.132 e. The number of nitrogens with zero attached hydrogens (tertiary/aromatic N) is 1. The number of anilines is 3. The first-order valence-corrected chi connectivity index (χ1v) is 23.8. The predicted octanol–water partition coefficient (Wildman–Crippen LogP) is 16.9. The summed E-state index contributed by atoms with van der Waals surface area (Å²) in [7, 11) is 0. The van der Waals surface area contributed by atoms with Crippen LogP contribution in [0.15, 0.2) is 249 Å². The third-order valence-corrected chi connectivity index (χ3v) is 15.4. The van der Waals surface area contributed by atoms with E-state index in [-0.39, 0.29) is 0 Å². The molecule has 11 aromatic carbocycles. The first-order valence-electron chi connectivity index (χ1n) is 23.8. The quantitative estimate of drug-likeness (QED) is 0.176. The maximum absolute atomic E-state index is 6.71. The molecule has 2 spiro atoms. The van der Waals surface area contributed by atoms with Crippen molar-refractivity contribution in [2.75, 3.05) is 4.90 Å². The molecular formula is C66H41NO2. The Morgan fingerprint density at radius 1 is 0.246 bits per heavy atom. The second-order valence-electron chi connectivity index (χ2n) is 18.7. The molecule has 11 aromatic rings. The Balaban J connectivity index is 0.959. The average Bonchev–Trinajstić information content (AvgIpc) is 3.86. The summed E-state index contributed by atoms with van der Waals surface area (Å²) in [6.07, 6.45) is 0. The molecule has 0 fully saturated rings. The van der Waals surface area contributed by atoms with Gasteiger partial charge in [0.2, 0.25) is 0 Å². The maximum Gasteiger partial charge on any atom is 0.132 e. The number of hydrogen-bond acceptors (Lipinski definition) is 3. The van der Waals surface area contributed by atoms with Gasteiger partial charge in [-0.1, -0.05) is 176 Å². The van der Waals surface area contributed by atoms with E-state index >= 15 is 0 Å². The first kappa shape index (κ1) is 38.2. The molecule has 0 radical (unpaired) electrons. The molecule has 0 amide bonds. The Morgan fingerprint density at radius 3 is 1.22 bits per heavy atom. The summed E-state index contributed by atoms with van der Waals surface area (Å²) in [6, 6.07) is 90.9. The predicted molar refractivity (Wildman–Crippen MR) is 279 cm³/mol. The van der Waals surface area contributed by atoms with Crippen LogP contribution < -0.4 is 14.4 Å². The van der Waals surface area contributed by atoms with E-state index in [4.69, 9.17) is 9.47 Å². The van der Waals surface area contributed by atoms with Crippen LogP contribution in [0.25, 0.3) is 44.2 Å². The van der Waals surface area contributed by atoms with Gasteiger partial charge in [-0.3, -0.25) is 0 Å². The molecule has 0 saturated heterocycles. The lowest BCUT2D eigenvalue weighted by molar-refractivity contribution is 0.436. The van der Waals surface area contributed by atoms with Crippen molar-refractivity contribution in [2.45, 2.75) is 10.8 Å². The highest BCUT2D eigenvalue weighted by Crippen LogP contribution is 2.64. The minimum atomic E-state index is -0.592. The van der Waals surface area contributed by atoms with Gasteiger partial charge in [-0.15, -0.1) is 0 Å². The number of fused-ring (bicyclic) bond motifs is 19. The molecule has 0 bridgehead atoms. The maximum atomic E-state index is 6.71. The molecule has 322 valence electrons. The third kappa shape index (κ3) is 5.16. The Labute approximate surface area is 400 Å². The largest absolute Gasteiger partial charge is 0.457 e. The highest BCUT2D eigenvalue weighted by Gasteiger charge is 2.52. The van der Waals surface area contributed by atoms with E-state index in [9.17, 15) is 0 Å². The molecule has 0 aromatic heterocycles. The fraction of sp³-hybridized carbons (Fsp3) is 0.0303. The van der Waals surface area contributed by atoms with Crippen molar-refractivity contribution in [2.24, 2.45) is 0 Å². The molecule has 2 aliphatic carbocycles. The van der Waals surface area contributed by atoms with Crippen LogP contribution in [0.5, 0.6) is 23.0 Å². The van der Waals surface area contributed by atoms with Crippen LogP contribution in [0.2, 0.25) is 0 Å². The molecule has 2 aliphatic heterocycles. The zero-order chi connectivity index (χ0) is 45.3.